The van der Waals surface area contributed by atoms with Crippen LogP contribution < -0.4 is 10.1 Å². The van der Waals surface area contributed by atoms with E-state index in [1.165, 1.54) is 6.07 Å². The highest BCUT2D eigenvalue weighted by Crippen LogP contribution is 2.33. The maximum Gasteiger partial charge on any atom is 0.193 e. The van der Waals surface area contributed by atoms with E-state index in [4.69, 9.17) is 9.47 Å². The van der Waals surface area contributed by atoms with E-state index in [9.17, 15) is 4.39 Å². The summed E-state index contributed by atoms with van der Waals surface area (Å²) < 4.78 is 24.8. The van der Waals surface area contributed by atoms with E-state index >= 15 is 0 Å². The van der Waals surface area contributed by atoms with Crippen LogP contribution in [0, 0.1) is 5.82 Å². The number of para-hydroxylation sites is 1. The second kappa shape index (κ2) is 9.87. The number of thioether (sulfide) groups is 1. The highest BCUT2D eigenvalue weighted by molar-refractivity contribution is 8.00. The molecular weight excluding hydrogens is 341 g/mol. The minimum absolute atomic E-state index is 0.193. The van der Waals surface area contributed by atoms with Gasteiger partial charge in [0.1, 0.15) is 6.61 Å². The van der Waals surface area contributed by atoms with Gasteiger partial charge in [0, 0.05) is 38.6 Å². The first-order valence-corrected chi connectivity index (χ1v) is 9.75. The number of likely N-dealkylation sites (N-methyl/N-ethyl adjacent to an activating group) is 1. The van der Waals surface area contributed by atoms with Crippen LogP contribution in [-0.2, 0) is 4.74 Å². The lowest BCUT2D eigenvalue weighted by atomic mass is 9.99. The lowest BCUT2D eigenvalue weighted by Crippen LogP contribution is -2.49. The van der Waals surface area contributed by atoms with Crippen molar-refractivity contribution in [2.24, 2.45) is 4.99 Å². The van der Waals surface area contributed by atoms with Gasteiger partial charge in [-0.15, -0.1) is 0 Å². The van der Waals surface area contributed by atoms with Gasteiger partial charge in [-0.05, 0) is 31.2 Å². The zero-order valence-corrected chi connectivity index (χ0v) is 16.1. The number of nitrogens with zero attached hydrogens (tertiary/aromatic N) is 2. The van der Waals surface area contributed by atoms with Gasteiger partial charge >= 0.3 is 0 Å². The first-order chi connectivity index (χ1) is 12.1. The molecule has 1 aliphatic rings. The number of hydrogen-bond acceptors (Lipinski definition) is 4. The minimum Gasteiger partial charge on any atom is -0.489 e. The van der Waals surface area contributed by atoms with Crippen LogP contribution in [-0.4, -0.2) is 68.9 Å². The van der Waals surface area contributed by atoms with E-state index in [2.05, 4.69) is 16.6 Å². The SMILES string of the molecule is CN=C(NCC1(SC)CCOCC1)N(C)CCOc1ccccc1F. The number of hydrogen-bond donors (Lipinski definition) is 1. The third-order valence-electron chi connectivity index (χ3n) is 4.50. The lowest BCUT2D eigenvalue weighted by molar-refractivity contribution is 0.0781. The first kappa shape index (κ1) is 19.8. The molecule has 0 bridgehead atoms. The van der Waals surface area contributed by atoms with Crippen molar-refractivity contribution in [3.8, 4) is 5.75 Å². The van der Waals surface area contributed by atoms with Gasteiger partial charge in [-0.25, -0.2) is 4.39 Å². The Hall–Kier alpha value is -1.47. The molecule has 0 aromatic heterocycles. The topological polar surface area (TPSA) is 46.1 Å². The lowest BCUT2D eigenvalue weighted by Gasteiger charge is -2.36. The average Bonchev–Trinajstić information content (AvgIpc) is 2.64. The third-order valence-corrected chi connectivity index (χ3v) is 5.92. The Morgan fingerprint density at radius 1 is 1.40 bits per heavy atom. The molecule has 7 heteroatoms. The summed E-state index contributed by atoms with van der Waals surface area (Å²) in [5.41, 5.74) is 0. The molecule has 25 heavy (non-hydrogen) atoms. The van der Waals surface area contributed by atoms with Crippen molar-refractivity contribution in [1.29, 1.82) is 0 Å². The maximum atomic E-state index is 13.6. The number of ether oxygens (including phenoxy) is 2. The molecular formula is C18H28FN3O2S. The summed E-state index contributed by atoms with van der Waals surface area (Å²) in [6.45, 7) is 3.48. The Morgan fingerprint density at radius 2 is 2.12 bits per heavy atom. The second-order valence-corrected chi connectivity index (χ2v) is 7.37. The summed E-state index contributed by atoms with van der Waals surface area (Å²) in [5, 5.41) is 3.46. The minimum atomic E-state index is -0.339. The van der Waals surface area contributed by atoms with Crippen molar-refractivity contribution in [3.05, 3.63) is 30.1 Å². The Balaban J connectivity index is 1.80. The fraction of sp³-hybridized carbons (Fsp3) is 0.611. The molecule has 1 heterocycles. The van der Waals surface area contributed by atoms with E-state index in [1.807, 2.05) is 23.7 Å². The molecule has 1 aromatic carbocycles. The summed E-state index contributed by atoms with van der Waals surface area (Å²) in [5.74, 6) is 0.758. The third kappa shape index (κ3) is 5.78. The molecule has 1 fully saturated rings. The van der Waals surface area contributed by atoms with Gasteiger partial charge in [0.05, 0.1) is 6.54 Å². The Labute approximate surface area is 154 Å². The summed E-state index contributed by atoms with van der Waals surface area (Å²) in [6, 6.07) is 6.45. The van der Waals surface area contributed by atoms with Gasteiger partial charge in [-0.2, -0.15) is 11.8 Å². The molecule has 1 aliphatic heterocycles. The van der Waals surface area contributed by atoms with Gasteiger partial charge in [0.2, 0.25) is 0 Å². The quantitative estimate of drug-likeness (QED) is 0.591. The molecule has 5 nitrogen and oxygen atoms in total. The Morgan fingerprint density at radius 3 is 2.76 bits per heavy atom. The largest absolute Gasteiger partial charge is 0.489 e. The molecule has 0 atom stereocenters. The van der Waals surface area contributed by atoms with Gasteiger partial charge in [0.15, 0.2) is 17.5 Å². The van der Waals surface area contributed by atoms with Crippen LogP contribution in [0.15, 0.2) is 29.3 Å². The van der Waals surface area contributed by atoms with E-state index in [1.54, 1.807) is 25.2 Å². The van der Waals surface area contributed by atoms with E-state index in [0.29, 0.717) is 13.2 Å². The van der Waals surface area contributed by atoms with Crippen LogP contribution >= 0.6 is 11.8 Å². The molecule has 1 saturated heterocycles. The predicted octanol–water partition coefficient (Wildman–Crippen LogP) is 2.62. The predicted molar refractivity (Wildman–Crippen MR) is 102 cm³/mol. The smallest absolute Gasteiger partial charge is 0.193 e. The molecule has 0 saturated carbocycles. The molecule has 1 aromatic rings. The molecule has 0 radical (unpaired) electrons. The van der Waals surface area contributed by atoms with Crippen molar-refractivity contribution in [2.45, 2.75) is 17.6 Å². The maximum absolute atomic E-state index is 13.6. The first-order valence-electron chi connectivity index (χ1n) is 8.52. The Bertz CT molecular complexity index is 565. The standard InChI is InChI=1S/C18H28FN3O2S/c1-20-17(21-14-18(25-3)8-11-23-12-9-18)22(2)10-13-24-16-7-5-4-6-15(16)19/h4-7H,8-14H2,1-3H3,(H,20,21). The van der Waals surface area contributed by atoms with Crippen LogP contribution in [0.2, 0.25) is 0 Å². The number of rotatable bonds is 7. The molecule has 0 spiro atoms. The summed E-state index contributed by atoms with van der Waals surface area (Å²) in [7, 11) is 3.72. The van der Waals surface area contributed by atoms with Crippen LogP contribution in [0.25, 0.3) is 0 Å². The van der Waals surface area contributed by atoms with Crippen molar-refractivity contribution in [2.75, 3.05) is 53.3 Å². The number of benzene rings is 1. The van der Waals surface area contributed by atoms with Crippen molar-refractivity contribution < 1.29 is 13.9 Å². The number of guanidine groups is 1. The van der Waals surface area contributed by atoms with Crippen molar-refractivity contribution in [1.82, 2.24) is 10.2 Å². The van der Waals surface area contributed by atoms with Crippen molar-refractivity contribution >= 4 is 17.7 Å². The molecule has 0 amide bonds. The molecule has 2 rings (SSSR count). The van der Waals surface area contributed by atoms with Gasteiger partial charge < -0.3 is 19.7 Å². The number of nitrogens with one attached hydrogen (secondary N) is 1. The molecule has 1 N–H and O–H groups in total. The number of aliphatic imine (C=N–C) groups is 1. The fourth-order valence-electron chi connectivity index (χ4n) is 2.78. The summed E-state index contributed by atoms with van der Waals surface area (Å²) >= 11 is 1.89. The zero-order chi connectivity index (χ0) is 18.1. The molecule has 0 aliphatic carbocycles. The van der Waals surface area contributed by atoms with Crippen LogP contribution in [0.4, 0.5) is 4.39 Å². The normalized spacial score (nSPS) is 17.2. The van der Waals surface area contributed by atoms with Gasteiger partial charge in [0.25, 0.3) is 0 Å². The second-order valence-electron chi connectivity index (χ2n) is 6.10. The fourth-order valence-corrected chi connectivity index (χ4v) is 3.57. The van der Waals surface area contributed by atoms with Crippen molar-refractivity contribution in [3.63, 3.8) is 0 Å². The highest BCUT2D eigenvalue weighted by atomic mass is 32.2. The number of halogens is 1. The van der Waals surface area contributed by atoms with Crippen LogP contribution in [0.1, 0.15) is 12.8 Å². The highest BCUT2D eigenvalue weighted by Gasteiger charge is 2.32. The zero-order valence-electron chi connectivity index (χ0n) is 15.3. The molecule has 0 unspecified atom stereocenters. The van der Waals surface area contributed by atoms with E-state index in [-0.39, 0.29) is 16.3 Å². The Kier molecular flexibility index (Phi) is 7.84. The van der Waals surface area contributed by atoms with Crippen LogP contribution in [0.5, 0.6) is 5.75 Å². The van der Waals surface area contributed by atoms with Gasteiger partial charge in [-0.1, -0.05) is 12.1 Å². The average molecular weight is 370 g/mol. The molecule has 140 valence electrons. The summed E-state index contributed by atoms with van der Waals surface area (Å²) in [4.78, 5) is 6.34. The van der Waals surface area contributed by atoms with Gasteiger partial charge in [-0.3, -0.25) is 4.99 Å². The summed E-state index contributed by atoms with van der Waals surface area (Å²) in [6.07, 6.45) is 4.23. The van der Waals surface area contributed by atoms with Crippen LogP contribution in [0.3, 0.4) is 0 Å². The van der Waals surface area contributed by atoms with E-state index in [0.717, 1.165) is 38.6 Å². The van der Waals surface area contributed by atoms with E-state index < -0.39 is 0 Å². The monoisotopic (exact) mass is 369 g/mol.